The third-order valence-electron chi connectivity index (χ3n) is 3.69. The van der Waals surface area contributed by atoms with Crippen molar-refractivity contribution in [2.24, 2.45) is 0 Å². The Labute approximate surface area is 102 Å². The minimum absolute atomic E-state index is 0.132. The van der Waals surface area contributed by atoms with Gasteiger partial charge in [-0.25, -0.2) is 9.37 Å². The maximum absolute atomic E-state index is 13.9. The smallest absolute Gasteiger partial charge is 0.291 e. The quantitative estimate of drug-likeness (QED) is 0.606. The van der Waals surface area contributed by atoms with Gasteiger partial charge in [0.2, 0.25) is 0 Å². The summed E-state index contributed by atoms with van der Waals surface area (Å²) in [4.78, 5) is 14.4. The van der Waals surface area contributed by atoms with Gasteiger partial charge in [-0.1, -0.05) is 0 Å². The van der Waals surface area contributed by atoms with Crippen molar-refractivity contribution in [3.05, 3.63) is 33.9 Å². The number of hydrogen-bond acceptors (Lipinski definition) is 3. The van der Waals surface area contributed by atoms with Crippen LogP contribution in [-0.2, 0) is 0 Å². The second kappa shape index (κ2) is 3.76. The summed E-state index contributed by atoms with van der Waals surface area (Å²) in [5, 5.41) is 11.1. The molecule has 1 aliphatic carbocycles. The van der Waals surface area contributed by atoms with E-state index in [1.807, 2.05) is 4.57 Å². The SMILES string of the molecule is Cc1c([N+](=O)[O-])cnc2c1c(F)cn2C1CCC1. The molecule has 0 N–H and O–H groups in total. The van der Waals surface area contributed by atoms with E-state index >= 15 is 0 Å². The Kier molecular flexibility index (Phi) is 2.33. The Morgan fingerprint density at radius 1 is 1.56 bits per heavy atom. The fourth-order valence-electron chi connectivity index (χ4n) is 2.44. The average molecular weight is 249 g/mol. The Balaban J connectivity index is 2.26. The zero-order valence-corrected chi connectivity index (χ0v) is 9.89. The van der Waals surface area contributed by atoms with Gasteiger partial charge >= 0.3 is 0 Å². The zero-order chi connectivity index (χ0) is 12.9. The summed E-state index contributed by atoms with van der Waals surface area (Å²) in [5.74, 6) is -0.425. The van der Waals surface area contributed by atoms with Crippen molar-refractivity contribution >= 4 is 16.7 Å². The summed E-state index contributed by atoms with van der Waals surface area (Å²) in [6.45, 7) is 1.57. The highest BCUT2D eigenvalue weighted by Crippen LogP contribution is 2.37. The monoisotopic (exact) mass is 249 g/mol. The van der Waals surface area contributed by atoms with E-state index in [-0.39, 0.29) is 17.1 Å². The zero-order valence-electron chi connectivity index (χ0n) is 9.89. The Bertz CT molecular complexity index is 646. The number of aryl methyl sites for hydroxylation is 1. The molecule has 0 atom stereocenters. The fraction of sp³-hybridized carbons (Fsp3) is 0.417. The number of rotatable bonds is 2. The van der Waals surface area contributed by atoms with E-state index in [9.17, 15) is 14.5 Å². The molecule has 2 heterocycles. The van der Waals surface area contributed by atoms with Crippen molar-refractivity contribution in [1.82, 2.24) is 9.55 Å². The average Bonchev–Trinajstić information content (AvgIpc) is 2.54. The molecule has 94 valence electrons. The van der Waals surface area contributed by atoms with E-state index in [0.29, 0.717) is 11.2 Å². The topological polar surface area (TPSA) is 61.0 Å². The van der Waals surface area contributed by atoms with Crippen molar-refractivity contribution in [2.45, 2.75) is 32.2 Å². The predicted molar refractivity (Wildman–Crippen MR) is 64.0 cm³/mol. The number of nitrogens with zero attached hydrogens (tertiary/aromatic N) is 3. The van der Waals surface area contributed by atoms with Crippen LogP contribution in [0.2, 0.25) is 0 Å². The second-order valence-electron chi connectivity index (χ2n) is 4.69. The minimum Gasteiger partial charge on any atom is -0.326 e. The molecule has 3 rings (SSSR count). The maximum atomic E-state index is 13.9. The van der Waals surface area contributed by atoms with E-state index in [2.05, 4.69) is 4.98 Å². The molecule has 6 heteroatoms. The lowest BCUT2D eigenvalue weighted by Crippen LogP contribution is -2.16. The molecule has 18 heavy (non-hydrogen) atoms. The molecular weight excluding hydrogens is 237 g/mol. The van der Waals surface area contributed by atoms with Crippen LogP contribution in [0.1, 0.15) is 30.9 Å². The molecule has 0 saturated heterocycles. The van der Waals surface area contributed by atoms with Crippen molar-refractivity contribution in [1.29, 1.82) is 0 Å². The third-order valence-corrected chi connectivity index (χ3v) is 3.69. The molecule has 5 nitrogen and oxygen atoms in total. The van der Waals surface area contributed by atoms with E-state index in [1.54, 1.807) is 6.92 Å². The number of aromatic nitrogens is 2. The largest absolute Gasteiger partial charge is 0.326 e. The highest BCUT2D eigenvalue weighted by molar-refractivity contribution is 5.84. The summed E-state index contributed by atoms with van der Waals surface area (Å²) in [6.07, 6.45) is 5.80. The van der Waals surface area contributed by atoms with Crippen molar-refractivity contribution < 1.29 is 9.31 Å². The van der Waals surface area contributed by atoms with Crippen molar-refractivity contribution in [3.63, 3.8) is 0 Å². The summed E-state index contributed by atoms with van der Waals surface area (Å²) >= 11 is 0. The van der Waals surface area contributed by atoms with Crippen LogP contribution >= 0.6 is 0 Å². The van der Waals surface area contributed by atoms with Gasteiger partial charge in [0, 0.05) is 17.8 Å². The standard InChI is InChI=1S/C12H12FN3O2/c1-7-10(16(17)18)5-14-12-11(7)9(13)6-15(12)8-3-2-4-8/h5-6,8H,2-4H2,1H3. The van der Waals surface area contributed by atoms with Gasteiger partial charge in [-0.05, 0) is 26.2 Å². The number of halogens is 1. The van der Waals surface area contributed by atoms with E-state index in [0.717, 1.165) is 19.3 Å². The van der Waals surface area contributed by atoms with Crippen LogP contribution in [0.25, 0.3) is 11.0 Å². The molecule has 0 spiro atoms. The first kappa shape index (κ1) is 11.1. The fourth-order valence-corrected chi connectivity index (χ4v) is 2.44. The lowest BCUT2D eigenvalue weighted by atomic mass is 9.93. The third kappa shape index (κ3) is 1.41. The van der Waals surface area contributed by atoms with Crippen LogP contribution in [0, 0.1) is 22.9 Å². The molecule has 0 aromatic carbocycles. The lowest BCUT2D eigenvalue weighted by molar-refractivity contribution is -0.385. The summed E-state index contributed by atoms with van der Waals surface area (Å²) < 4.78 is 15.8. The van der Waals surface area contributed by atoms with Gasteiger partial charge in [-0.3, -0.25) is 10.1 Å². The second-order valence-corrected chi connectivity index (χ2v) is 4.69. The van der Waals surface area contributed by atoms with Crippen LogP contribution in [0.5, 0.6) is 0 Å². The number of pyridine rings is 1. The molecule has 0 unspecified atom stereocenters. The van der Waals surface area contributed by atoms with Crippen LogP contribution in [0.15, 0.2) is 12.4 Å². The van der Waals surface area contributed by atoms with Crippen LogP contribution in [0.4, 0.5) is 10.1 Å². The van der Waals surface area contributed by atoms with Crippen LogP contribution in [-0.4, -0.2) is 14.5 Å². The first-order valence-corrected chi connectivity index (χ1v) is 5.89. The van der Waals surface area contributed by atoms with Gasteiger partial charge in [0.1, 0.15) is 11.8 Å². The van der Waals surface area contributed by atoms with Crippen molar-refractivity contribution in [3.8, 4) is 0 Å². The molecule has 0 radical (unpaired) electrons. The first-order valence-electron chi connectivity index (χ1n) is 5.89. The Morgan fingerprint density at radius 2 is 2.28 bits per heavy atom. The van der Waals surface area contributed by atoms with Gasteiger partial charge in [-0.2, -0.15) is 0 Å². The summed E-state index contributed by atoms with van der Waals surface area (Å²) in [7, 11) is 0. The highest BCUT2D eigenvalue weighted by Gasteiger charge is 2.26. The number of hydrogen-bond donors (Lipinski definition) is 0. The molecule has 0 bridgehead atoms. The van der Waals surface area contributed by atoms with E-state index in [1.165, 1.54) is 12.4 Å². The number of fused-ring (bicyclic) bond motifs is 1. The van der Waals surface area contributed by atoms with E-state index < -0.39 is 10.7 Å². The molecule has 2 aromatic heterocycles. The van der Waals surface area contributed by atoms with Gasteiger partial charge in [-0.15, -0.1) is 0 Å². The normalized spacial score (nSPS) is 15.9. The van der Waals surface area contributed by atoms with Crippen molar-refractivity contribution in [2.75, 3.05) is 0 Å². The Hall–Kier alpha value is -1.98. The van der Waals surface area contributed by atoms with Gasteiger partial charge in [0.15, 0.2) is 5.82 Å². The maximum Gasteiger partial charge on any atom is 0.291 e. The Morgan fingerprint density at radius 3 is 2.83 bits per heavy atom. The first-order chi connectivity index (χ1) is 8.59. The lowest BCUT2D eigenvalue weighted by Gasteiger charge is -2.27. The molecule has 2 aromatic rings. The molecule has 0 aliphatic heterocycles. The minimum atomic E-state index is -0.526. The molecule has 1 aliphatic rings. The molecule has 0 amide bonds. The van der Waals surface area contributed by atoms with Crippen LogP contribution < -0.4 is 0 Å². The van der Waals surface area contributed by atoms with E-state index in [4.69, 9.17) is 0 Å². The van der Waals surface area contributed by atoms with Gasteiger partial charge < -0.3 is 4.57 Å². The van der Waals surface area contributed by atoms with Crippen LogP contribution in [0.3, 0.4) is 0 Å². The summed E-state index contributed by atoms with van der Waals surface area (Å²) in [6, 6.07) is 0.283. The molecular formula is C12H12FN3O2. The predicted octanol–water partition coefficient (Wildman–Crippen LogP) is 3.12. The van der Waals surface area contributed by atoms with Gasteiger partial charge in [0.05, 0.1) is 10.3 Å². The molecule has 1 fully saturated rings. The number of nitro groups is 1. The molecule has 1 saturated carbocycles. The summed E-state index contributed by atoms with van der Waals surface area (Å²) in [5.41, 5.74) is 0.730. The highest BCUT2D eigenvalue weighted by atomic mass is 19.1. The van der Waals surface area contributed by atoms with Gasteiger partial charge in [0.25, 0.3) is 5.69 Å².